The topological polar surface area (TPSA) is 55.1 Å². The molecule has 3 rings (SSSR count). The highest BCUT2D eigenvalue weighted by Gasteiger charge is 2.15. The fourth-order valence-electron chi connectivity index (χ4n) is 2.25. The van der Waals surface area contributed by atoms with Crippen LogP contribution in [0.3, 0.4) is 0 Å². The first-order chi connectivity index (χ1) is 9.72. The quantitative estimate of drug-likeness (QED) is 0.748. The Morgan fingerprint density at radius 2 is 2.00 bits per heavy atom. The molecule has 0 bridgehead atoms. The minimum Gasteiger partial charge on any atom is -0.478 e. The average Bonchev–Trinajstić information content (AvgIpc) is 2.90. The van der Waals surface area contributed by atoms with Gasteiger partial charge in [0, 0.05) is 4.90 Å². The van der Waals surface area contributed by atoms with Gasteiger partial charge < -0.3 is 5.11 Å². The zero-order valence-corrected chi connectivity index (χ0v) is 11.6. The van der Waals surface area contributed by atoms with E-state index in [1.807, 2.05) is 41.2 Å². The lowest BCUT2D eigenvalue weighted by Gasteiger charge is -2.10. The highest BCUT2D eigenvalue weighted by Crippen LogP contribution is 2.28. The molecule has 20 heavy (non-hydrogen) atoms. The zero-order valence-electron chi connectivity index (χ0n) is 10.8. The van der Waals surface area contributed by atoms with E-state index in [1.165, 1.54) is 0 Å². The molecule has 100 valence electrons. The molecular formula is C15H12N2O2S. The van der Waals surface area contributed by atoms with Crippen LogP contribution in [0.1, 0.15) is 10.4 Å². The lowest BCUT2D eigenvalue weighted by molar-refractivity contribution is 0.0698. The third kappa shape index (κ3) is 1.96. The van der Waals surface area contributed by atoms with Crippen molar-refractivity contribution in [3.63, 3.8) is 0 Å². The summed E-state index contributed by atoms with van der Waals surface area (Å²) in [7, 11) is 0. The van der Waals surface area contributed by atoms with Crippen molar-refractivity contribution in [1.82, 2.24) is 9.55 Å². The number of rotatable bonds is 3. The largest absolute Gasteiger partial charge is 0.478 e. The van der Waals surface area contributed by atoms with Gasteiger partial charge in [0.25, 0.3) is 0 Å². The molecule has 4 nitrogen and oxygen atoms in total. The van der Waals surface area contributed by atoms with E-state index in [1.54, 1.807) is 30.2 Å². The number of thioether (sulfide) groups is 1. The van der Waals surface area contributed by atoms with Crippen LogP contribution in [0.5, 0.6) is 0 Å². The lowest BCUT2D eigenvalue weighted by atomic mass is 10.2. The van der Waals surface area contributed by atoms with Gasteiger partial charge in [0.2, 0.25) is 0 Å². The summed E-state index contributed by atoms with van der Waals surface area (Å²) in [5.74, 6) is -0.945. The smallest absolute Gasteiger partial charge is 0.337 e. The molecule has 0 radical (unpaired) electrons. The van der Waals surface area contributed by atoms with Gasteiger partial charge in [-0.1, -0.05) is 18.2 Å². The molecule has 2 aromatic carbocycles. The Morgan fingerprint density at radius 3 is 2.75 bits per heavy atom. The molecule has 1 aromatic heterocycles. The first-order valence-electron chi connectivity index (χ1n) is 6.05. The SMILES string of the molecule is CSc1ccccc1-n1cnc2cccc(C(=O)O)c21. The van der Waals surface area contributed by atoms with Gasteiger partial charge in [-0.15, -0.1) is 11.8 Å². The van der Waals surface area contributed by atoms with Crippen LogP contribution in [0.15, 0.2) is 53.7 Å². The van der Waals surface area contributed by atoms with E-state index in [-0.39, 0.29) is 5.56 Å². The molecule has 1 heterocycles. The van der Waals surface area contributed by atoms with Crippen LogP contribution in [0, 0.1) is 0 Å². The Morgan fingerprint density at radius 1 is 1.20 bits per heavy atom. The van der Waals surface area contributed by atoms with Crippen LogP contribution in [-0.4, -0.2) is 26.9 Å². The fourth-order valence-corrected chi connectivity index (χ4v) is 2.84. The van der Waals surface area contributed by atoms with Crippen LogP contribution in [-0.2, 0) is 0 Å². The molecule has 0 aliphatic heterocycles. The normalized spacial score (nSPS) is 10.8. The van der Waals surface area contributed by atoms with Crippen LogP contribution in [0.4, 0.5) is 0 Å². The molecule has 1 N–H and O–H groups in total. The highest BCUT2D eigenvalue weighted by atomic mass is 32.2. The third-order valence-corrected chi connectivity index (χ3v) is 3.93. The van der Waals surface area contributed by atoms with Gasteiger partial charge in [-0.3, -0.25) is 4.57 Å². The maximum atomic E-state index is 11.4. The van der Waals surface area contributed by atoms with Gasteiger partial charge in [-0.2, -0.15) is 0 Å². The first-order valence-corrected chi connectivity index (χ1v) is 7.27. The minimum atomic E-state index is -0.945. The summed E-state index contributed by atoms with van der Waals surface area (Å²) >= 11 is 1.62. The van der Waals surface area contributed by atoms with Crippen LogP contribution in [0.25, 0.3) is 16.7 Å². The predicted molar refractivity (Wildman–Crippen MR) is 79.8 cm³/mol. The monoisotopic (exact) mass is 284 g/mol. The van der Waals surface area contributed by atoms with Gasteiger partial charge in [0.1, 0.15) is 6.33 Å². The number of hydrogen-bond donors (Lipinski definition) is 1. The van der Waals surface area contributed by atoms with E-state index >= 15 is 0 Å². The molecule has 0 aliphatic carbocycles. The first kappa shape index (κ1) is 12.7. The maximum Gasteiger partial charge on any atom is 0.337 e. The van der Waals surface area contributed by atoms with E-state index in [9.17, 15) is 9.90 Å². The average molecular weight is 284 g/mol. The zero-order chi connectivity index (χ0) is 14.1. The molecule has 0 amide bonds. The Hall–Kier alpha value is -2.27. The molecule has 0 spiro atoms. The van der Waals surface area contributed by atoms with Crippen LogP contribution >= 0.6 is 11.8 Å². The van der Waals surface area contributed by atoms with Gasteiger partial charge in [0.15, 0.2) is 0 Å². The second kappa shape index (κ2) is 5.02. The lowest BCUT2D eigenvalue weighted by Crippen LogP contribution is -2.02. The van der Waals surface area contributed by atoms with Crippen molar-refractivity contribution >= 4 is 28.8 Å². The number of aromatic carboxylic acids is 1. The molecule has 5 heteroatoms. The molecule has 0 saturated heterocycles. The van der Waals surface area contributed by atoms with Crippen molar-refractivity contribution < 1.29 is 9.90 Å². The Balaban J connectivity index is 2.35. The van der Waals surface area contributed by atoms with E-state index in [4.69, 9.17) is 0 Å². The molecule has 0 fully saturated rings. The number of aromatic nitrogens is 2. The van der Waals surface area contributed by atoms with Gasteiger partial charge in [-0.05, 0) is 30.5 Å². The number of fused-ring (bicyclic) bond motifs is 1. The molecular weight excluding hydrogens is 272 g/mol. The number of carbonyl (C=O) groups is 1. The number of hydrogen-bond acceptors (Lipinski definition) is 3. The predicted octanol–water partition coefficient (Wildman–Crippen LogP) is 3.45. The number of imidazole rings is 1. The highest BCUT2D eigenvalue weighted by molar-refractivity contribution is 7.98. The molecule has 0 atom stereocenters. The van der Waals surface area contributed by atoms with Crippen molar-refractivity contribution in [1.29, 1.82) is 0 Å². The van der Waals surface area contributed by atoms with Crippen molar-refractivity contribution in [3.8, 4) is 5.69 Å². The summed E-state index contributed by atoms with van der Waals surface area (Å²) in [5.41, 5.74) is 2.51. The summed E-state index contributed by atoms with van der Waals surface area (Å²) in [4.78, 5) is 16.8. The number of carboxylic acids is 1. The van der Waals surface area contributed by atoms with E-state index < -0.39 is 5.97 Å². The number of para-hydroxylation sites is 2. The van der Waals surface area contributed by atoms with E-state index in [2.05, 4.69) is 4.98 Å². The Bertz CT molecular complexity index is 795. The summed E-state index contributed by atoms with van der Waals surface area (Å²) < 4.78 is 1.84. The van der Waals surface area contributed by atoms with Crippen molar-refractivity contribution in [3.05, 3.63) is 54.4 Å². The summed E-state index contributed by atoms with van der Waals surface area (Å²) in [6.07, 6.45) is 3.67. The van der Waals surface area contributed by atoms with Gasteiger partial charge in [0.05, 0.1) is 22.3 Å². The second-order valence-corrected chi connectivity index (χ2v) is 5.11. The molecule has 0 unspecified atom stereocenters. The van der Waals surface area contributed by atoms with Crippen molar-refractivity contribution in [2.75, 3.05) is 6.26 Å². The molecule has 0 saturated carbocycles. The van der Waals surface area contributed by atoms with Gasteiger partial charge in [-0.25, -0.2) is 9.78 Å². The van der Waals surface area contributed by atoms with Crippen LogP contribution < -0.4 is 0 Å². The van der Waals surface area contributed by atoms with Crippen molar-refractivity contribution in [2.45, 2.75) is 4.90 Å². The van der Waals surface area contributed by atoms with Crippen molar-refractivity contribution in [2.24, 2.45) is 0 Å². The number of carboxylic acid groups (broad SMARTS) is 1. The molecule has 3 aromatic rings. The van der Waals surface area contributed by atoms with Crippen LogP contribution in [0.2, 0.25) is 0 Å². The number of nitrogens with zero attached hydrogens (tertiary/aromatic N) is 2. The van der Waals surface area contributed by atoms with Gasteiger partial charge >= 0.3 is 5.97 Å². The Kier molecular flexibility index (Phi) is 3.20. The maximum absolute atomic E-state index is 11.4. The number of benzene rings is 2. The summed E-state index contributed by atoms with van der Waals surface area (Å²) in [6.45, 7) is 0. The standard InChI is InChI=1S/C15H12N2O2S/c1-20-13-8-3-2-7-12(13)17-9-16-11-6-4-5-10(14(11)17)15(18)19/h2-9H,1H3,(H,18,19). The fraction of sp³-hybridized carbons (Fsp3) is 0.0667. The van der Waals surface area contributed by atoms with E-state index in [0.717, 1.165) is 10.6 Å². The summed E-state index contributed by atoms with van der Waals surface area (Å²) in [5, 5.41) is 9.35. The second-order valence-electron chi connectivity index (χ2n) is 4.26. The van der Waals surface area contributed by atoms with E-state index in [0.29, 0.717) is 11.0 Å². The summed E-state index contributed by atoms with van der Waals surface area (Å²) in [6, 6.07) is 13.0. The third-order valence-electron chi connectivity index (χ3n) is 3.14. The minimum absolute atomic E-state index is 0.260. The molecule has 0 aliphatic rings. The Labute approximate surface area is 120 Å².